The number of aromatic nitrogens is 4. The third-order valence-corrected chi connectivity index (χ3v) is 10.3. The SMILES string of the molecule is C=Cc1c(C)c2cc3[nH]c(cc4nc(cc5nc(cc1[nH]2)C(C)=C5CCC(O)OCCOCCOCCOC)C(CCC(=O)OC)C4C)c(C)c3C=C. The number of rotatable bonds is 18. The highest BCUT2D eigenvalue weighted by Gasteiger charge is 2.30. The number of nitrogens with one attached hydrogen (secondary N) is 2. The lowest BCUT2D eigenvalue weighted by atomic mass is 9.87. The van der Waals surface area contributed by atoms with Crippen molar-refractivity contribution in [1.82, 2.24) is 19.9 Å². The van der Waals surface area contributed by atoms with E-state index in [-0.39, 0.29) is 30.8 Å². The molecule has 2 aliphatic rings. The third-order valence-electron chi connectivity index (χ3n) is 10.3. The maximum Gasteiger partial charge on any atom is 0.305 e. The Balaban J connectivity index is 1.55. The van der Waals surface area contributed by atoms with Crippen LogP contribution < -0.4 is 0 Å². The van der Waals surface area contributed by atoms with Gasteiger partial charge in [0, 0.05) is 76.4 Å². The minimum Gasteiger partial charge on any atom is -0.469 e. The number of aliphatic hydroxyl groups is 1. The molecule has 8 bridgehead atoms. The highest BCUT2D eigenvalue weighted by molar-refractivity contribution is 5.93. The number of aryl methyl sites for hydroxylation is 2. The first-order valence-electron chi connectivity index (χ1n) is 18.3. The van der Waals surface area contributed by atoms with Gasteiger partial charge in [-0.25, -0.2) is 4.98 Å². The molecule has 0 aliphatic carbocycles. The quantitative estimate of drug-likeness (QED) is 0.0681. The van der Waals surface area contributed by atoms with Crippen LogP contribution in [0.1, 0.15) is 96.4 Å². The Kier molecular flexibility index (Phi) is 14.0. The lowest BCUT2D eigenvalue weighted by Gasteiger charge is -2.16. The van der Waals surface area contributed by atoms with Crippen LogP contribution >= 0.6 is 0 Å². The molecule has 0 fully saturated rings. The number of allylic oxidation sites excluding steroid dienone is 2. The van der Waals surface area contributed by atoms with Gasteiger partial charge in [0.1, 0.15) is 0 Å². The zero-order valence-electron chi connectivity index (χ0n) is 32.0. The standard InChI is InChI=1S/C42H54N4O7/c1-9-29-25(3)33-21-34-27(5)31(11-13-41(47)50-8)39(45-34)24-40-32(12-14-42(48)53-20-19-52-18-17-51-16-15-49-7)28(6)36(46-40)23-38-30(10-2)26(4)35(44-38)22-37(29)43-33/h9-10,21-24,27,31,42-44,48H,1-2,11-20H2,3-8H3. The van der Waals surface area contributed by atoms with E-state index in [9.17, 15) is 9.90 Å². The Bertz CT molecular complexity index is 1990. The number of methoxy groups -OCH3 is 2. The Hall–Kier alpha value is -4.39. The van der Waals surface area contributed by atoms with E-state index in [1.165, 1.54) is 7.11 Å². The van der Waals surface area contributed by atoms with Gasteiger partial charge in [0.05, 0.1) is 58.1 Å². The normalized spacial score (nSPS) is 16.2. The van der Waals surface area contributed by atoms with E-state index in [4.69, 9.17) is 33.7 Å². The monoisotopic (exact) mass is 726 g/mol. The molecule has 0 saturated carbocycles. The van der Waals surface area contributed by atoms with E-state index >= 15 is 0 Å². The number of fused-ring (bicyclic) bond motifs is 8. The smallest absolute Gasteiger partial charge is 0.305 e. The van der Waals surface area contributed by atoms with Gasteiger partial charge in [-0.05, 0) is 80.2 Å². The molecule has 11 nitrogen and oxygen atoms in total. The Labute approximate surface area is 312 Å². The molecule has 3 atom stereocenters. The van der Waals surface area contributed by atoms with Crippen molar-refractivity contribution in [3.8, 4) is 0 Å². The molecule has 2 aliphatic heterocycles. The number of aromatic amines is 2. The summed E-state index contributed by atoms with van der Waals surface area (Å²) in [4.78, 5) is 29.9. The molecule has 0 saturated heterocycles. The average molecular weight is 727 g/mol. The minimum absolute atomic E-state index is 0.0339. The summed E-state index contributed by atoms with van der Waals surface area (Å²) in [5.74, 6) is -0.253. The summed E-state index contributed by atoms with van der Waals surface area (Å²) in [6.45, 7) is 19.2. The van der Waals surface area contributed by atoms with Crippen LogP contribution in [0.2, 0.25) is 0 Å². The number of esters is 1. The Morgan fingerprint density at radius 2 is 1.45 bits per heavy atom. The number of carbonyl (C=O) groups excluding carboxylic acids is 1. The van der Waals surface area contributed by atoms with Crippen molar-refractivity contribution in [2.24, 2.45) is 0 Å². The van der Waals surface area contributed by atoms with Gasteiger partial charge in [-0.1, -0.05) is 32.2 Å². The highest BCUT2D eigenvalue weighted by atomic mass is 16.6. The fourth-order valence-electron chi connectivity index (χ4n) is 7.05. The molecular formula is C42H54N4O7. The second-order valence-corrected chi connectivity index (χ2v) is 13.5. The Morgan fingerprint density at radius 3 is 2.09 bits per heavy atom. The second kappa shape index (κ2) is 18.6. The molecule has 5 rings (SSSR count). The second-order valence-electron chi connectivity index (χ2n) is 13.5. The number of H-pyrrole nitrogens is 2. The van der Waals surface area contributed by atoms with Crippen molar-refractivity contribution < 1.29 is 33.6 Å². The lowest BCUT2D eigenvalue weighted by molar-refractivity contribution is -0.140. The maximum absolute atomic E-state index is 12.3. The van der Waals surface area contributed by atoms with Crippen LogP contribution in [0.4, 0.5) is 0 Å². The summed E-state index contributed by atoms with van der Waals surface area (Å²) >= 11 is 0. The number of carbonyl (C=O) groups is 1. The van der Waals surface area contributed by atoms with Crippen molar-refractivity contribution >= 4 is 51.3 Å². The molecule has 3 aromatic rings. The van der Waals surface area contributed by atoms with E-state index in [1.807, 2.05) is 12.2 Å². The van der Waals surface area contributed by atoms with Crippen LogP contribution in [0.5, 0.6) is 0 Å². The first-order valence-corrected chi connectivity index (χ1v) is 18.3. The van der Waals surface area contributed by atoms with Gasteiger partial charge in [0.15, 0.2) is 6.29 Å². The lowest BCUT2D eigenvalue weighted by Crippen LogP contribution is -2.17. The molecule has 3 unspecified atom stereocenters. The predicted octanol–water partition coefficient (Wildman–Crippen LogP) is 7.78. The summed E-state index contributed by atoms with van der Waals surface area (Å²) in [5.41, 5.74) is 13.3. The summed E-state index contributed by atoms with van der Waals surface area (Å²) in [6.07, 6.45) is 4.51. The van der Waals surface area contributed by atoms with Crippen LogP contribution in [0.25, 0.3) is 45.4 Å². The van der Waals surface area contributed by atoms with Crippen LogP contribution in [0.15, 0.2) is 37.4 Å². The summed E-state index contributed by atoms with van der Waals surface area (Å²) < 4.78 is 26.6. The topological polar surface area (TPSA) is 141 Å². The van der Waals surface area contributed by atoms with Gasteiger partial charge in [0.2, 0.25) is 0 Å². The fourth-order valence-corrected chi connectivity index (χ4v) is 7.05. The highest BCUT2D eigenvalue weighted by Crippen LogP contribution is 2.42. The van der Waals surface area contributed by atoms with Crippen LogP contribution in [-0.2, 0) is 28.5 Å². The van der Waals surface area contributed by atoms with Crippen LogP contribution in [-0.4, -0.2) is 91.2 Å². The number of hydrogen-bond donors (Lipinski definition) is 3. The first kappa shape index (κ1) is 39.8. The zero-order chi connectivity index (χ0) is 38.1. The fraction of sp³-hybridized carbons (Fsp3) is 0.452. The molecule has 53 heavy (non-hydrogen) atoms. The van der Waals surface area contributed by atoms with Crippen molar-refractivity contribution in [3.05, 3.63) is 82.5 Å². The van der Waals surface area contributed by atoms with Crippen LogP contribution in [0.3, 0.4) is 0 Å². The molecule has 3 aromatic heterocycles. The summed E-state index contributed by atoms with van der Waals surface area (Å²) in [6, 6.07) is 8.34. The first-order chi connectivity index (χ1) is 25.6. The van der Waals surface area contributed by atoms with E-state index < -0.39 is 6.29 Å². The van der Waals surface area contributed by atoms with Gasteiger partial charge in [-0.2, -0.15) is 0 Å². The van der Waals surface area contributed by atoms with Crippen molar-refractivity contribution in [3.63, 3.8) is 0 Å². The molecule has 284 valence electrons. The molecule has 0 aromatic carbocycles. The van der Waals surface area contributed by atoms with Gasteiger partial charge in [-0.15, -0.1) is 0 Å². The summed E-state index contributed by atoms with van der Waals surface area (Å²) in [7, 11) is 3.05. The van der Waals surface area contributed by atoms with E-state index in [0.717, 1.165) is 78.2 Å². The molecule has 0 amide bonds. The molecule has 11 heteroatoms. The largest absolute Gasteiger partial charge is 0.469 e. The van der Waals surface area contributed by atoms with E-state index in [0.29, 0.717) is 52.3 Å². The van der Waals surface area contributed by atoms with Crippen molar-refractivity contribution in [1.29, 1.82) is 0 Å². The molecular weight excluding hydrogens is 672 g/mol. The van der Waals surface area contributed by atoms with Gasteiger partial charge in [0.25, 0.3) is 0 Å². The predicted molar refractivity (Wildman–Crippen MR) is 210 cm³/mol. The van der Waals surface area contributed by atoms with Crippen LogP contribution in [0, 0.1) is 13.8 Å². The number of nitrogens with zero attached hydrogens (tertiary/aromatic N) is 2. The molecule has 0 spiro atoms. The van der Waals surface area contributed by atoms with Gasteiger partial charge >= 0.3 is 5.97 Å². The van der Waals surface area contributed by atoms with Crippen molar-refractivity contribution in [2.45, 2.75) is 71.5 Å². The Morgan fingerprint density at radius 1 is 0.830 bits per heavy atom. The maximum atomic E-state index is 12.3. The average Bonchev–Trinajstić information content (AvgIpc) is 3.81. The number of ether oxygens (including phenoxy) is 5. The van der Waals surface area contributed by atoms with E-state index in [2.05, 4.69) is 75.1 Å². The summed E-state index contributed by atoms with van der Waals surface area (Å²) in [5, 5.41) is 10.8. The number of aliphatic hydroxyl groups excluding tert-OH is 1. The zero-order valence-corrected chi connectivity index (χ0v) is 32.0. The molecule has 3 N–H and O–H groups in total. The molecule has 0 radical (unpaired) electrons. The van der Waals surface area contributed by atoms with E-state index in [1.54, 1.807) is 7.11 Å². The number of hydrogen-bond acceptors (Lipinski definition) is 9. The van der Waals surface area contributed by atoms with Gasteiger partial charge in [-0.3, -0.25) is 9.78 Å². The third kappa shape index (κ3) is 9.41. The minimum atomic E-state index is -0.982. The molecule has 5 heterocycles. The van der Waals surface area contributed by atoms with Gasteiger partial charge < -0.3 is 38.8 Å². The van der Waals surface area contributed by atoms with Crippen molar-refractivity contribution in [2.75, 3.05) is 53.9 Å².